The summed E-state index contributed by atoms with van der Waals surface area (Å²) in [5.41, 5.74) is -0.365. The summed E-state index contributed by atoms with van der Waals surface area (Å²) in [7, 11) is -4.55. The molecule has 44 heavy (non-hydrogen) atoms. The molecule has 1 fully saturated rings. The molecule has 0 heterocycles. The van der Waals surface area contributed by atoms with E-state index < -0.39 is 46.2 Å². The van der Waals surface area contributed by atoms with Crippen molar-refractivity contribution < 1.29 is 31.2 Å². The largest absolute Gasteiger partial charge is 0.416 e. The maximum Gasteiger partial charge on any atom is 0.416 e. The number of benzene rings is 3. The molecular formula is C31H32Cl2F3N3O4S. The average Bonchev–Trinajstić information content (AvgIpc) is 3.48. The number of alkyl halides is 3. The van der Waals surface area contributed by atoms with Gasteiger partial charge in [0.2, 0.25) is 11.8 Å². The van der Waals surface area contributed by atoms with Crippen molar-refractivity contribution in [1.29, 1.82) is 0 Å². The standard InChI is InChI=1S/C31H32Cl2F3N3O4S/c1-20-13-15-25(16-14-20)44(42,43)39(24-10-5-7-22(17-24)31(34,35)36)19-29(40)38(18-26-27(32)11-6-12-28(26)33)21(2)30(41)37-23-8-3-4-9-23/h5-7,10-17,21,23H,3-4,8-9,18-19H2,1-2H3,(H,37,41)/t21-/m0/s1. The van der Waals surface area contributed by atoms with Crippen molar-refractivity contribution in [3.8, 4) is 0 Å². The molecule has 0 spiro atoms. The third-order valence-electron chi connectivity index (χ3n) is 7.61. The van der Waals surface area contributed by atoms with Crippen LogP contribution in [0.25, 0.3) is 0 Å². The van der Waals surface area contributed by atoms with E-state index in [9.17, 15) is 31.2 Å². The summed E-state index contributed by atoms with van der Waals surface area (Å²) in [5, 5.41) is 3.39. The van der Waals surface area contributed by atoms with E-state index in [0.29, 0.717) is 15.9 Å². The lowest BCUT2D eigenvalue weighted by Gasteiger charge is -2.33. The molecule has 0 radical (unpaired) electrons. The van der Waals surface area contributed by atoms with Crippen LogP contribution in [0, 0.1) is 6.92 Å². The molecule has 4 rings (SSSR count). The predicted octanol–water partition coefficient (Wildman–Crippen LogP) is 6.99. The summed E-state index contributed by atoms with van der Waals surface area (Å²) in [6.45, 7) is 2.09. The van der Waals surface area contributed by atoms with Crippen LogP contribution in [-0.4, -0.2) is 43.8 Å². The van der Waals surface area contributed by atoms with E-state index in [-0.39, 0.29) is 33.2 Å². The van der Waals surface area contributed by atoms with Crippen LogP contribution in [0.15, 0.2) is 71.6 Å². The van der Waals surface area contributed by atoms with Gasteiger partial charge in [-0.1, -0.05) is 65.9 Å². The van der Waals surface area contributed by atoms with Gasteiger partial charge in [-0.05, 0) is 69.2 Å². The van der Waals surface area contributed by atoms with Crippen molar-refractivity contribution in [3.05, 3.63) is 93.5 Å². The minimum Gasteiger partial charge on any atom is -0.352 e. The minimum atomic E-state index is -4.76. The molecule has 1 aliphatic carbocycles. The zero-order valence-electron chi connectivity index (χ0n) is 24.1. The Morgan fingerprint density at radius 3 is 2.16 bits per heavy atom. The summed E-state index contributed by atoms with van der Waals surface area (Å²) in [5.74, 6) is -1.30. The first-order chi connectivity index (χ1) is 20.7. The molecule has 1 aliphatic rings. The van der Waals surface area contributed by atoms with Crippen LogP contribution < -0.4 is 9.62 Å². The van der Waals surface area contributed by atoms with Gasteiger partial charge in [0.15, 0.2) is 0 Å². The molecule has 1 saturated carbocycles. The van der Waals surface area contributed by atoms with E-state index in [1.165, 1.54) is 25.1 Å². The highest BCUT2D eigenvalue weighted by molar-refractivity contribution is 7.92. The topological polar surface area (TPSA) is 86.8 Å². The van der Waals surface area contributed by atoms with Gasteiger partial charge in [-0.3, -0.25) is 13.9 Å². The molecule has 1 atom stereocenters. The summed E-state index contributed by atoms with van der Waals surface area (Å²) in [6, 6.07) is 13.0. The Bertz CT molecular complexity index is 1590. The monoisotopic (exact) mass is 669 g/mol. The average molecular weight is 671 g/mol. The Morgan fingerprint density at radius 1 is 0.977 bits per heavy atom. The number of nitrogens with zero attached hydrogens (tertiary/aromatic N) is 2. The van der Waals surface area contributed by atoms with Gasteiger partial charge in [-0.25, -0.2) is 8.42 Å². The van der Waals surface area contributed by atoms with Crippen LogP contribution in [0.2, 0.25) is 10.0 Å². The van der Waals surface area contributed by atoms with Gasteiger partial charge in [0, 0.05) is 28.2 Å². The third kappa shape index (κ3) is 7.86. The molecule has 0 unspecified atom stereocenters. The minimum absolute atomic E-state index is 0.0608. The van der Waals surface area contributed by atoms with Gasteiger partial charge in [0.05, 0.1) is 16.1 Å². The summed E-state index contributed by atoms with van der Waals surface area (Å²) in [4.78, 5) is 28.3. The van der Waals surface area contributed by atoms with Gasteiger partial charge < -0.3 is 10.2 Å². The number of nitrogens with one attached hydrogen (secondary N) is 1. The fourth-order valence-corrected chi connectivity index (χ4v) is 6.95. The predicted molar refractivity (Wildman–Crippen MR) is 164 cm³/mol. The van der Waals surface area contributed by atoms with E-state index >= 15 is 0 Å². The van der Waals surface area contributed by atoms with E-state index in [1.807, 2.05) is 0 Å². The van der Waals surface area contributed by atoms with Crippen molar-refractivity contribution in [2.24, 2.45) is 0 Å². The highest BCUT2D eigenvalue weighted by atomic mass is 35.5. The van der Waals surface area contributed by atoms with Crippen molar-refractivity contribution in [1.82, 2.24) is 10.2 Å². The number of anilines is 1. The highest BCUT2D eigenvalue weighted by Crippen LogP contribution is 2.34. The summed E-state index contributed by atoms with van der Waals surface area (Å²) < 4.78 is 69.4. The molecule has 13 heteroatoms. The second-order valence-electron chi connectivity index (χ2n) is 10.8. The normalized spacial score (nSPS) is 14.7. The molecule has 3 aromatic carbocycles. The number of rotatable bonds is 10. The number of amides is 2. The van der Waals surface area contributed by atoms with Crippen molar-refractivity contribution in [2.45, 2.75) is 69.2 Å². The zero-order chi connectivity index (χ0) is 32.2. The quantitative estimate of drug-likeness (QED) is 0.252. The zero-order valence-corrected chi connectivity index (χ0v) is 26.4. The van der Waals surface area contributed by atoms with Crippen molar-refractivity contribution in [3.63, 3.8) is 0 Å². The first-order valence-corrected chi connectivity index (χ1v) is 16.2. The van der Waals surface area contributed by atoms with Gasteiger partial charge in [-0.2, -0.15) is 13.2 Å². The Balaban J connectivity index is 1.76. The molecular weight excluding hydrogens is 638 g/mol. The van der Waals surface area contributed by atoms with Crippen molar-refractivity contribution in [2.75, 3.05) is 10.8 Å². The van der Waals surface area contributed by atoms with Crippen LogP contribution in [0.1, 0.15) is 49.3 Å². The molecule has 0 aliphatic heterocycles. The first-order valence-electron chi connectivity index (χ1n) is 14.0. The van der Waals surface area contributed by atoms with Crippen LogP contribution in [0.5, 0.6) is 0 Å². The SMILES string of the molecule is Cc1ccc(S(=O)(=O)N(CC(=O)N(Cc2c(Cl)cccc2Cl)[C@@H](C)C(=O)NC2CCCC2)c2cccc(C(F)(F)F)c2)cc1. The van der Waals surface area contributed by atoms with Crippen molar-refractivity contribution >= 4 is 50.7 Å². The third-order valence-corrected chi connectivity index (χ3v) is 10.1. The van der Waals surface area contributed by atoms with Gasteiger partial charge in [0.1, 0.15) is 12.6 Å². The molecule has 3 aromatic rings. The molecule has 0 bridgehead atoms. The molecule has 2 amide bonds. The van der Waals surface area contributed by atoms with E-state index in [4.69, 9.17) is 23.2 Å². The smallest absolute Gasteiger partial charge is 0.352 e. The van der Waals surface area contributed by atoms with E-state index in [1.54, 1.807) is 37.3 Å². The van der Waals surface area contributed by atoms with Crippen LogP contribution in [-0.2, 0) is 32.3 Å². The van der Waals surface area contributed by atoms with Gasteiger partial charge >= 0.3 is 6.18 Å². The number of hydrogen-bond acceptors (Lipinski definition) is 4. The van der Waals surface area contributed by atoms with Crippen LogP contribution >= 0.6 is 23.2 Å². The fourth-order valence-electron chi connectivity index (χ4n) is 5.03. The first kappa shape index (κ1) is 33.6. The Kier molecular flexibility index (Phi) is 10.5. The number of aryl methyl sites for hydroxylation is 1. The lowest BCUT2D eigenvalue weighted by molar-refractivity contribution is -0.139. The maximum atomic E-state index is 14.1. The Labute approximate surface area is 265 Å². The lowest BCUT2D eigenvalue weighted by Crippen LogP contribution is -2.52. The Morgan fingerprint density at radius 2 is 1.57 bits per heavy atom. The van der Waals surface area contributed by atoms with E-state index in [0.717, 1.165) is 48.3 Å². The fraction of sp³-hybridized carbons (Fsp3) is 0.355. The summed E-state index contributed by atoms with van der Waals surface area (Å²) >= 11 is 12.8. The second kappa shape index (κ2) is 13.8. The van der Waals surface area contributed by atoms with Crippen LogP contribution in [0.4, 0.5) is 18.9 Å². The maximum absolute atomic E-state index is 14.1. The van der Waals surface area contributed by atoms with E-state index in [2.05, 4.69) is 5.32 Å². The Hall–Kier alpha value is -3.28. The molecule has 0 aromatic heterocycles. The van der Waals surface area contributed by atoms with Gasteiger partial charge in [0.25, 0.3) is 10.0 Å². The molecule has 7 nitrogen and oxygen atoms in total. The molecule has 0 saturated heterocycles. The lowest BCUT2D eigenvalue weighted by atomic mass is 10.1. The number of sulfonamides is 1. The van der Waals surface area contributed by atoms with Gasteiger partial charge in [-0.15, -0.1) is 0 Å². The number of carbonyl (C=O) groups is 2. The molecule has 236 valence electrons. The number of carbonyl (C=O) groups excluding carboxylic acids is 2. The second-order valence-corrected chi connectivity index (χ2v) is 13.4. The molecule has 1 N–H and O–H groups in total. The highest BCUT2D eigenvalue weighted by Gasteiger charge is 2.36. The van der Waals surface area contributed by atoms with Crippen LogP contribution in [0.3, 0.4) is 0 Å². The number of hydrogen-bond donors (Lipinski definition) is 1. The summed E-state index contributed by atoms with van der Waals surface area (Å²) in [6.07, 6.45) is -1.26. The number of halogens is 5.